The number of fused-ring (bicyclic) bond motifs is 1. The van der Waals surface area contributed by atoms with E-state index in [2.05, 4.69) is 30.9 Å². The number of hydrogen-bond acceptors (Lipinski definition) is 13. The molecule has 4 heterocycles. The van der Waals surface area contributed by atoms with Crippen molar-refractivity contribution in [1.29, 1.82) is 0 Å². The number of amides is 2. The first-order valence-corrected chi connectivity index (χ1v) is 13.0. The highest BCUT2D eigenvalue weighted by molar-refractivity contribution is 8.17. The SMILES string of the molecule is Nc1nc(/C(=N/OCC(=O)O)C(=O)N[C@@H]2C(=O)N3C(C(=O)O)=C(SCSc4cn[nH]n4)CC[C@H]23)cs1. The van der Waals surface area contributed by atoms with E-state index in [1.807, 2.05) is 0 Å². The van der Waals surface area contributed by atoms with Gasteiger partial charge >= 0.3 is 11.9 Å². The molecule has 2 aliphatic rings. The summed E-state index contributed by atoms with van der Waals surface area (Å²) in [6, 6.07) is -1.56. The Bertz CT molecular complexity index is 1250. The number of carbonyl (C=O) groups excluding carboxylic acids is 2. The molecule has 2 amide bonds. The third-order valence-corrected chi connectivity index (χ3v) is 7.89. The Morgan fingerprint density at radius 2 is 2.17 bits per heavy atom. The Morgan fingerprint density at radius 1 is 1.36 bits per heavy atom. The summed E-state index contributed by atoms with van der Waals surface area (Å²) < 4.78 is 0. The molecule has 2 atom stereocenters. The molecule has 1 fully saturated rings. The predicted molar refractivity (Wildman–Crippen MR) is 128 cm³/mol. The first-order valence-electron chi connectivity index (χ1n) is 10.1. The van der Waals surface area contributed by atoms with E-state index in [4.69, 9.17) is 15.7 Å². The Hall–Kier alpha value is -3.64. The first kappa shape index (κ1) is 25.5. The lowest BCUT2D eigenvalue weighted by Gasteiger charge is -2.50. The number of oxime groups is 1. The van der Waals surface area contributed by atoms with E-state index in [1.165, 1.54) is 33.8 Å². The van der Waals surface area contributed by atoms with Crippen molar-refractivity contribution in [1.82, 2.24) is 30.6 Å². The number of β-lactam (4-membered cyclic amide) rings is 1. The molecule has 6 N–H and O–H groups in total. The summed E-state index contributed by atoms with van der Waals surface area (Å²) in [5, 5.41) is 37.5. The number of H-pyrrole nitrogens is 1. The Labute approximate surface area is 214 Å². The van der Waals surface area contributed by atoms with Gasteiger partial charge in [0.1, 0.15) is 22.5 Å². The topological polar surface area (TPSA) is 226 Å². The Balaban J connectivity index is 1.46. The molecule has 0 bridgehead atoms. The highest BCUT2D eigenvalue weighted by atomic mass is 32.2. The van der Waals surface area contributed by atoms with Crippen molar-refractivity contribution in [3.05, 3.63) is 27.9 Å². The number of hydrogen-bond donors (Lipinski definition) is 5. The second-order valence-electron chi connectivity index (χ2n) is 7.24. The minimum atomic E-state index is -1.30. The summed E-state index contributed by atoms with van der Waals surface area (Å²) in [4.78, 5) is 58.9. The van der Waals surface area contributed by atoms with Gasteiger partial charge in [-0.05, 0) is 12.8 Å². The van der Waals surface area contributed by atoms with Gasteiger partial charge in [-0.2, -0.15) is 10.3 Å². The van der Waals surface area contributed by atoms with E-state index in [-0.39, 0.29) is 22.2 Å². The maximum Gasteiger partial charge on any atom is 0.353 e. The highest BCUT2D eigenvalue weighted by Gasteiger charge is 2.53. The fourth-order valence-corrected chi connectivity index (χ4v) is 6.21. The minimum Gasteiger partial charge on any atom is -0.479 e. The molecule has 0 aliphatic carbocycles. The molecular formula is C18H18N8O7S3. The molecule has 2 aliphatic heterocycles. The van der Waals surface area contributed by atoms with Crippen LogP contribution in [0, 0.1) is 0 Å². The summed E-state index contributed by atoms with van der Waals surface area (Å²) in [5.41, 5.74) is 5.18. The van der Waals surface area contributed by atoms with Crippen molar-refractivity contribution in [3.8, 4) is 0 Å². The summed E-state index contributed by atoms with van der Waals surface area (Å²) in [5.74, 6) is -3.97. The van der Waals surface area contributed by atoms with E-state index >= 15 is 0 Å². The van der Waals surface area contributed by atoms with Crippen LogP contribution in [0.2, 0.25) is 0 Å². The lowest BCUT2D eigenvalue weighted by atomic mass is 9.86. The number of thiazole rings is 1. The number of nitrogens with zero attached hydrogens (tertiary/aromatic N) is 5. The predicted octanol–water partition coefficient (Wildman–Crippen LogP) is -0.0827. The fourth-order valence-electron chi connectivity index (χ4n) is 3.55. The minimum absolute atomic E-state index is 0.0436. The third kappa shape index (κ3) is 5.44. The number of aromatic nitrogens is 4. The second kappa shape index (κ2) is 11.0. The van der Waals surface area contributed by atoms with Crippen LogP contribution >= 0.6 is 34.9 Å². The zero-order chi connectivity index (χ0) is 25.8. The van der Waals surface area contributed by atoms with Gasteiger partial charge in [-0.15, -0.1) is 28.2 Å². The number of carboxylic acid groups (broad SMARTS) is 2. The van der Waals surface area contributed by atoms with Crippen molar-refractivity contribution >= 4 is 69.5 Å². The number of aliphatic carboxylic acids is 2. The number of nitrogen functional groups attached to an aromatic ring is 1. The van der Waals surface area contributed by atoms with Gasteiger partial charge < -0.3 is 26.1 Å². The monoisotopic (exact) mass is 554 g/mol. The van der Waals surface area contributed by atoms with Crippen LogP contribution in [-0.2, 0) is 24.0 Å². The number of aromatic amines is 1. The highest BCUT2D eigenvalue weighted by Crippen LogP contribution is 2.42. The van der Waals surface area contributed by atoms with Crippen molar-refractivity contribution in [2.45, 2.75) is 30.0 Å². The van der Waals surface area contributed by atoms with Gasteiger partial charge in [-0.25, -0.2) is 14.6 Å². The van der Waals surface area contributed by atoms with Crippen LogP contribution in [-0.4, -0.2) is 88.7 Å². The normalized spacial score (nSPS) is 19.5. The summed E-state index contributed by atoms with van der Waals surface area (Å²) >= 11 is 3.70. The molecule has 36 heavy (non-hydrogen) atoms. The van der Waals surface area contributed by atoms with Crippen LogP contribution in [0.5, 0.6) is 0 Å². The average Bonchev–Trinajstić information content (AvgIpc) is 3.51. The zero-order valence-electron chi connectivity index (χ0n) is 18.1. The average molecular weight is 555 g/mol. The van der Waals surface area contributed by atoms with E-state index in [9.17, 15) is 24.3 Å². The molecule has 4 rings (SSSR count). The van der Waals surface area contributed by atoms with Crippen molar-refractivity contribution in [2.75, 3.05) is 17.4 Å². The van der Waals surface area contributed by atoms with Crippen LogP contribution in [0.4, 0.5) is 5.13 Å². The summed E-state index contributed by atoms with van der Waals surface area (Å²) in [7, 11) is 0. The maximum absolute atomic E-state index is 12.9. The van der Waals surface area contributed by atoms with Gasteiger partial charge in [-0.1, -0.05) is 16.9 Å². The van der Waals surface area contributed by atoms with Gasteiger partial charge in [0.05, 0.1) is 17.3 Å². The molecule has 2 aromatic rings. The van der Waals surface area contributed by atoms with Crippen LogP contribution < -0.4 is 11.1 Å². The fraction of sp³-hybridized carbons (Fsp3) is 0.333. The molecule has 2 aromatic heterocycles. The van der Waals surface area contributed by atoms with E-state index < -0.39 is 42.4 Å². The van der Waals surface area contributed by atoms with Crippen LogP contribution in [0.25, 0.3) is 0 Å². The molecule has 15 nitrogen and oxygen atoms in total. The molecule has 1 saturated heterocycles. The first-order chi connectivity index (χ1) is 17.3. The standard InChI is InChI=1S/C18H18N8O7S3/c19-18-21-7(5-34-18)12(24-33-4-11(27)28)15(29)22-13-8-1-2-9(14(17(31)32)26(8)16(13)30)35-6-36-10-3-20-25-23-10/h3,5,8,13H,1-2,4,6H2,(H2,19,21)(H,22,29)(H,27,28)(H,31,32)(H,20,23,25)/b24-12-/t8-,13+/m1/s1. The zero-order valence-corrected chi connectivity index (χ0v) is 20.6. The number of nitrogens with one attached hydrogen (secondary N) is 2. The number of carboxylic acids is 2. The summed E-state index contributed by atoms with van der Waals surface area (Å²) in [6.07, 6.45) is 2.37. The number of nitrogens with two attached hydrogens (primary N) is 1. The number of anilines is 1. The van der Waals surface area contributed by atoms with Gasteiger partial charge in [0, 0.05) is 10.3 Å². The maximum atomic E-state index is 12.9. The molecule has 0 aromatic carbocycles. The molecule has 18 heteroatoms. The Morgan fingerprint density at radius 3 is 2.81 bits per heavy atom. The van der Waals surface area contributed by atoms with Gasteiger partial charge in [0.25, 0.3) is 11.8 Å². The molecule has 190 valence electrons. The smallest absolute Gasteiger partial charge is 0.353 e. The lowest BCUT2D eigenvalue weighted by molar-refractivity contribution is -0.155. The van der Waals surface area contributed by atoms with Crippen molar-refractivity contribution in [2.24, 2.45) is 5.16 Å². The quantitative estimate of drug-likeness (QED) is 0.0806. The van der Waals surface area contributed by atoms with Crippen LogP contribution in [0.1, 0.15) is 18.5 Å². The van der Waals surface area contributed by atoms with Gasteiger partial charge in [0.2, 0.25) is 6.61 Å². The molecule has 0 saturated carbocycles. The number of rotatable bonds is 11. The van der Waals surface area contributed by atoms with Crippen molar-refractivity contribution in [3.63, 3.8) is 0 Å². The lowest BCUT2D eigenvalue weighted by Crippen LogP contribution is -2.72. The molecule has 0 radical (unpaired) electrons. The third-order valence-electron chi connectivity index (χ3n) is 5.04. The molecule has 0 spiro atoms. The van der Waals surface area contributed by atoms with E-state index in [1.54, 1.807) is 6.20 Å². The number of carbonyl (C=O) groups is 4. The molecule has 0 unspecified atom stereocenters. The number of thioether (sulfide) groups is 2. The Kier molecular flexibility index (Phi) is 7.75. The summed E-state index contributed by atoms with van der Waals surface area (Å²) in [6.45, 7) is -0.794. The largest absolute Gasteiger partial charge is 0.479 e. The number of allylic oxidation sites excluding steroid dienone is 1. The van der Waals surface area contributed by atoms with Crippen LogP contribution in [0.3, 0.4) is 0 Å². The van der Waals surface area contributed by atoms with Crippen molar-refractivity contribution < 1.29 is 34.2 Å². The van der Waals surface area contributed by atoms with Gasteiger partial charge in [-0.3, -0.25) is 14.5 Å². The van der Waals surface area contributed by atoms with Crippen LogP contribution in [0.15, 0.2) is 32.4 Å². The molecular weight excluding hydrogens is 536 g/mol. The second-order valence-corrected chi connectivity index (χ2v) is 10.6. The van der Waals surface area contributed by atoms with E-state index in [0.29, 0.717) is 27.9 Å². The van der Waals surface area contributed by atoms with E-state index in [0.717, 1.165) is 11.3 Å². The van der Waals surface area contributed by atoms with Gasteiger partial charge in [0.15, 0.2) is 10.8 Å².